The van der Waals surface area contributed by atoms with Gasteiger partial charge >= 0.3 is 0 Å². The lowest BCUT2D eigenvalue weighted by molar-refractivity contribution is 0.0946. The lowest BCUT2D eigenvalue weighted by Gasteiger charge is -2.11. The molecule has 0 fully saturated rings. The van der Waals surface area contributed by atoms with E-state index in [-0.39, 0.29) is 5.91 Å². The molecule has 2 rings (SSSR count). The number of nitrogens with one attached hydrogen (secondary N) is 2. The molecule has 2 N–H and O–H groups in total. The second kappa shape index (κ2) is 9.57. The van der Waals surface area contributed by atoms with Crippen LogP contribution in [0.5, 0.6) is 11.5 Å². The van der Waals surface area contributed by atoms with Crippen molar-refractivity contribution in [1.82, 2.24) is 20.2 Å². The molecule has 8 nitrogen and oxygen atoms in total. The average Bonchev–Trinajstić information content (AvgIpc) is 2.65. The lowest BCUT2D eigenvalue weighted by Crippen LogP contribution is -2.31. The molecule has 0 spiro atoms. The Bertz CT molecular complexity index is 737. The molecule has 140 valence electrons. The third-order valence-corrected chi connectivity index (χ3v) is 3.63. The molecule has 0 bridgehead atoms. The van der Waals surface area contributed by atoms with Crippen LogP contribution in [0.2, 0.25) is 0 Å². The van der Waals surface area contributed by atoms with Crippen molar-refractivity contribution in [2.24, 2.45) is 0 Å². The van der Waals surface area contributed by atoms with Gasteiger partial charge in [0.1, 0.15) is 5.69 Å². The topological polar surface area (TPSA) is 88.6 Å². The van der Waals surface area contributed by atoms with Gasteiger partial charge in [-0.2, -0.15) is 0 Å². The van der Waals surface area contributed by atoms with E-state index in [1.54, 1.807) is 26.5 Å². The van der Waals surface area contributed by atoms with E-state index in [4.69, 9.17) is 9.47 Å². The average molecular weight is 359 g/mol. The molecule has 0 aliphatic carbocycles. The summed E-state index contributed by atoms with van der Waals surface area (Å²) in [6.07, 6.45) is 1.56. The largest absolute Gasteiger partial charge is 0.493 e. The molecule has 0 saturated carbocycles. The molecule has 0 unspecified atom stereocenters. The molecule has 8 heteroatoms. The van der Waals surface area contributed by atoms with Crippen molar-refractivity contribution in [2.75, 3.05) is 46.7 Å². The zero-order chi connectivity index (χ0) is 18.9. The Morgan fingerprint density at radius 2 is 1.92 bits per heavy atom. The van der Waals surface area contributed by atoms with Crippen LogP contribution in [0.25, 0.3) is 0 Å². The summed E-state index contributed by atoms with van der Waals surface area (Å²) < 4.78 is 10.5. The van der Waals surface area contributed by atoms with Crippen molar-refractivity contribution in [3.63, 3.8) is 0 Å². The van der Waals surface area contributed by atoms with E-state index in [2.05, 4.69) is 20.6 Å². The Morgan fingerprint density at radius 3 is 2.62 bits per heavy atom. The van der Waals surface area contributed by atoms with E-state index in [0.29, 0.717) is 36.2 Å². The number of carbonyl (C=O) groups is 1. The minimum absolute atomic E-state index is 0.219. The van der Waals surface area contributed by atoms with Gasteiger partial charge in [0, 0.05) is 25.8 Å². The van der Waals surface area contributed by atoms with Crippen molar-refractivity contribution < 1.29 is 14.3 Å². The summed E-state index contributed by atoms with van der Waals surface area (Å²) in [6, 6.07) is 7.23. The fourth-order valence-corrected chi connectivity index (χ4v) is 2.23. The molecule has 0 radical (unpaired) electrons. The molecule has 1 heterocycles. The van der Waals surface area contributed by atoms with E-state index < -0.39 is 0 Å². The number of rotatable bonds is 9. The highest BCUT2D eigenvalue weighted by atomic mass is 16.5. The quantitative estimate of drug-likeness (QED) is 0.699. The highest BCUT2D eigenvalue weighted by Gasteiger charge is 2.09. The van der Waals surface area contributed by atoms with Gasteiger partial charge in [0.05, 0.1) is 14.2 Å². The smallest absolute Gasteiger partial charge is 0.270 e. The monoisotopic (exact) mass is 359 g/mol. The summed E-state index contributed by atoms with van der Waals surface area (Å²) in [5.74, 6) is 1.49. The van der Waals surface area contributed by atoms with Gasteiger partial charge in [0.15, 0.2) is 11.5 Å². The molecular formula is C18H25N5O3. The molecule has 1 aromatic heterocycles. The number of amides is 1. The maximum absolute atomic E-state index is 12.1. The second-order valence-corrected chi connectivity index (χ2v) is 5.87. The summed E-state index contributed by atoms with van der Waals surface area (Å²) in [4.78, 5) is 22.5. The molecule has 0 aliphatic rings. The number of likely N-dealkylation sites (N-methyl/N-ethyl adjacent to an activating group) is 1. The van der Waals surface area contributed by atoms with Crippen LogP contribution >= 0.6 is 0 Å². The normalized spacial score (nSPS) is 10.5. The Labute approximate surface area is 153 Å². The first-order valence-corrected chi connectivity index (χ1v) is 8.24. The van der Waals surface area contributed by atoms with E-state index in [9.17, 15) is 4.79 Å². The maximum atomic E-state index is 12.1. The molecular weight excluding hydrogens is 334 g/mol. The number of ether oxygens (including phenoxy) is 2. The van der Waals surface area contributed by atoms with Crippen LogP contribution in [-0.2, 0) is 6.54 Å². The zero-order valence-corrected chi connectivity index (χ0v) is 15.6. The van der Waals surface area contributed by atoms with Crippen molar-refractivity contribution in [1.29, 1.82) is 0 Å². The molecule has 0 saturated heterocycles. The molecule has 26 heavy (non-hydrogen) atoms. The summed E-state index contributed by atoms with van der Waals surface area (Å²) in [6.45, 7) is 1.82. The van der Waals surface area contributed by atoms with E-state index in [1.807, 2.05) is 37.2 Å². The minimum atomic E-state index is -0.219. The van der Waals surface area contributed by atoms with Gasteiger partial charge in [-0.25, -0.2) is 9.97 Å². The fraction of sp³-hybridized carbons (Fsp3) is 0.389. The molecule has 1 aromatic carbocycles. The standard InChI is InChI=1S/C18H25N5O3/c1-23(2)10-9-19-17(24)14-7-8-20-18(22-14)21-12-13-5-6-15(25-3)16(11-13)26-4/h5-8,11H,9-10,12H2,1-4H3,(H,19,24)(H,20,21,22). The predicted molar refractivity (Wildman–Crippen MR) is 99.8 cm³/mol. The van der Waals surface area contributed by atoms with Crippen LogP contribution in [0, 0.1) is 0 Å². The Morgan fingerprint density at radius 1 is 1.15 bits per heavy atom. The van der Waals surface area contributed by atoms with E-state index >= 15 is 0 Å². The van der Waals surface area contributed by atoms with Crippen LogP contribution in [-0.4, -0.2) is 62.2 Å². The summed E-state index contributed by atoms with van der Waals surface area (Å²) >= 11 is 0. The van der Waals surface area contributed by atoms with Gasteiger partial charge in [-0.15, -0.1) is 0 Å². The zero-order valence-electron chi connectivity index (χ0n) is 15.6. The van der Waals surface area contributed by atoms with Crippen LogP contribution in [0.15, 0.2) is 30.5 Å². The summed E-state index contributed by atoms with van der Waals surface area (Å²) in [5, 5.41) is 5.94. The number of nitrogens with zero attached hydrogens (tertiary/aromatic N) is 3. The SMILES string of the molecule is COc1ccc(CNc2nccc(C(=O)NCCN(C)C)n2)cc1OC. The summed E-state index contributed by atoms with van der Waals surface area (Å²) in [7, 11) is 7.09. The molecule has 0 aliphatic heterocycles. The van der Waals surface area contributed by atoms with E-state index in [0.717, 1.165) is 12.1 Å². The fourth-order valence-electron chi connectivity index (χ4n) is 2.23. The predicted octanol–water partition coefficient (Wildman–Crippen LogP) is 1.40. The van der Waals surface area contributed by atoms with Crippen LogP contribution in [0.1, 0.15) is 16.1 Å². The number of hydrogen-bond donors (Lipinski definition) is 2. The third kappa shape index (κ3) is 5.59. The molecule has 0 atom stereocenters. The first-order valence-electron chi connectivity index (χ1n) is 8.24. The van der Waals surface area contributed by atoms with Crippen LogP contribution in [0.4, 0.5) is 5.95 Å². The first-order chi connectivity index (χ1) is 12.5. The number of anilines is 1. The number of benzene rings is 1. The van der Waals surface area contributed by atoms with Crippen LogP contribution < -0.4 is 20.1 Å². The van der Waals surface area contributed by atoms with Crippen molar-refractivity contribution >= 4 is 11.9 Å². The van der Waals surface area contributed by atoms with Gasteiger partial charge in [-0.3, -0.25) is 4.79 Å². The lowest BCUT2D eigenvalue weighted by atomic mass is 10.2. The number of aromatic nitrogens is 2. The highest BCUT2D eigenvalue weighted by Crippen LogP contribution is 2.27. The summed E-state index contributed by atoms with van der Waals surface area (Å²) in [5.41, 5.74) is 1.31. The van der Waals surface area contributed by atoms with Gasteiger partial charge in [0.2, 0.25) is 5.95 Å². The molecule has 2 aromatic rings. The van der Waals surface area contributed by atoms with Crippen molar-refractivity contribution in [2.45, 2.75) is 6.54 Å². The Hall–Kier alpha value is -2.87. The maximum Gasteiger partial charge on any atom is 0.270 e. The first kappa shape index (κ1) is 19.5. The number of hydrogen-bond acceptors (Lipinski definition) is 7. The Kier molecular flexibility index (Phi) is 7.16. The molecule has 1 amide bonds. The third-order valence-electron chi connectivity index (χ3n) is 3.63. The second-order valence-electron chi connectivity index (χ2n) is 5.87. The number of methoxy groups -OCH3 is 2. The minimum Gasteiger partial charge on any atom is -0.493 e. The number of carbonyl (C=O) groups excluding carboxylic acids is 1. The Balaban J connectivity index is 1.97. The van der Waals surface area contributed by atoms with E-state index in [1.165, 1.54) is 0 Å². The van der Waals surface area contributed by atoms with Gasteiger partial charge in [-0.1, -0.05) is 6.07 Å². The van der Waals surface area contributed by atoms with Gasteiger partial charge < -0.3 is 25.0 Å². The van der Waals surface area contributed by atoms with Gasteiger partial charge in [0.25, 0.3) is 5.91 Å². The van der Waals surface area contributed by atoms with Crippen molar-refractivity contribution in [3.05, 3.63) is 41.7 Å². The van der Waals surface area contributed by atoms with Crippen molar-refractivity contribution in [3.8, 4) is 11.5 Å². The van der Waals surface area contributed by atoms with Gasteiger partial charge in [-0.05, 0) is 37.9 Å². The van der Waals surface area contributed by atoms with Crippen LogP contribution in [0.3, 0.4) is 0 Å². The highest BCUT2D eigenvalue weighted by molar-refractivity contribution is 5.92.